The summed E-state index contributed by atoms with van der Waals surface area (Å²) >= 11 is 17.1. The zero-order valence-electron chi connectivity index (χ0n) is 11.5. The molecule has 1 atom stereocenters. The molecule has 2 N–H and O–H groups in total. The lowest BCUT2D eigenvalue weighted by Gasteiger charge is -2.14. The van der Waals surface area contributed by atoms with Gasteiger partial charge in [0.05, 0.1) is 17.3 Å². The highest BCUT2D eigenvalue weighted by molar-refractivity contribution is 7.80. The van der Waals surface area contributed by atoms with Gasteiger partial charge in [0.1, 0.15) is 0 Å². The molecule has 0 aliphatic rings. The Bertz CT molecular complexity index is 508. The van der Waals surface area contributed by atoms with Crippen molar-refractivity contribution >= 4 is 46.2 Å². The fourth-order valence-electron chi connectivity index (χ4n) is 1.53. The lowest BCUT2D eigenvalue weighted by atomic mass is 10.1. The molecule has 0 unspecified atom stereocenters. The normalized spacial score (nSPS) is 12.9. The zero-order chi connectivity index (χ0) is 15.1. The quantitative estimate of drug-likeness (QED) is 0.493. The van der Waals surface area contributed by atoms with Crippen molar-refractivity contribution in [2.45, 2.75) is 19.9 Å². The van der Waals surface area contributed by atoms with E-state index in [1.54, 1.807) is 19.2 Å². The van der Waals surface area contributed by atoms with Crippen LogP contribution in [0.25, 0.3) is 0 Å². The van der Waals surface area contributed by atoms with Crippen molar-refractivity contribution in [2.75, 3.05) is 13.7 Å². The smallest absolute Gasteiger partial charge is 0.187 e. The number of nitrogens with zero attached hydrogens (tertiary/aromatic N) is 1. The molecule has 0 heterocycles. The molecule has 0 amide bonds. The van der Waals surface area contributed by atoms with Crippen LogP contribution in [0.15, 0.2) is 23.3 Å². The van der Waals surface area contributed by atoms with E-state index in [1.165, 1.54) is 0 Å². The standard InChI is InChI=1S/C13H17Cl2N3OS/c1-8(7-19-3)16-13(20)18-17-9(2)11-5-4-10(14)6-12(11)15/h4-6,8H,7H2,1-3H3,(H2,16,18,20)/b17-9-/t8-/m1/s1. The van der Waals surface area contributed by atoms with Gasteiger partial charge in [-0.05, 0) is 38.2 Å². The van der Waals surface area contributed by atoms with Gasteiger partial charge in [-0.25, -0.2) is 0 Å². The lowest BCUT2D eigenvalue weighted by Crippen LogP contribution is -2.40. The summed E-state index contributed by atoms with van der Waals surface area (Å²) in [6.45, 7) is 4.36. The average molecular weight is 334 g/mol. The Morgan fingerprint density at radius 2 is 2.15 bits per heavy atom. The van der Waals surface area contributed by atoms with Crippen LogP contribution in [0.2, 0.25) is 10.0 Å². The molecule has 1 aromatic carbocycles. The van der Waals surface area contributed by atoms with Crippen molar-refractivity contribution in [3.63, 3.8) is 0 Å². The Balaban J connectivity index is 2.63. The summed E-state index contributed by atoms with van der Waals surface area (Å²) < 4.78 is 5.01. The van der Waals surface area contributed by atoms with Gasteiger partial charge in [0.25, 0.3) is 0 Å². The maximum Gasteiger partial charge on any atom is 0.187 e. The molecule has 0 bridgehead atoms. The first-order valence-electron chi connectivity index (χ1n) is 5.99. The zero-order valence-corrected chi connectivity index (χ0v) is 13.9. The summed E-state index contributed by atoms with van der Waals surface area (Å²) in [5.74, 6) is 0. The topological polar surface area (TPSA) is 45.6 Å². The number of halogens is 2. The first-order chi connectivity index (χ1) is 9.43. The highest BCUT2D eigenvalue weighted by Gasteiger charge is 2.06. The number of ether oxygens (including phenoxy) is 1. The third kappa shape index (κ3) is 5.63. The maximum absolute atomic E-state index is 6.11. The second-order valence-corrected chi connectivity index (χ2v) is 5.51. The first kappa shape index (κ1) is 17.2. The third-order valence-electron chi connectivity index (χ3n) is 2.44. The molecule has 7 heteroatoms. The Kier molecular flexibility index (Phi) is 7.23. The van der Waals surface area contributed by atoms with Crippen molar-refractivity contribution in [3.05, 3.63) is 33.8 Å². The molecule has 0 spiro atoms. The van der Waals surface area contributed by atoms with Gasteiger partial charge in [0, 0.05) is 23.7 Å². The van der Waals surface area contributed by atoms with Gasteiger partial charge in [0.2, 0.25) is 0 Å². The van der Waals surface area contributed by atoms with Crippen molar-refractivity contribution in [3.8, 4) is 0 Å². The van der Waals surface area contributed by atoms with Crippen LogP contribution in [0.4, 0.5) is 0 Å². The molecule has 20 heavy (non-hydrogen) atoms. The van der Waals surface area contributed by atoms with E-state index < -0.39 is 0 Å². The van der Waals surface area contributed by atoms with Crippen LogP contribution >= 0.6 is 35.4 Å². The van der Waals surface area contributed by atoms with Crippen LogP contribution in [0.3, 0.4) is 0 Å². The molecule has 110 valence electrons. The van der Waals surface area contributed by atoms with Crippen LogP contribution in [0.5, 0.6) is 0 Å². The Morgan fingerprint density at radius 1 is 1.45 bits per heavy atom. The van der Waals surface area contributed by atoms with E-state index in [4.69, 9.17) is 40.2 Å². The number of hydrogen-bond acceptors (Lipinski definition) is 3. The van der Waals surface area contributed by atoms with Crippen molar-refractivity contribution in [2.24, 2.45) is 5.10 Å². The van der Waals surface area contributed by atoms with Crippen molar-refractivity contribution in [1.29, 1.82) is 0 Å². The first-order valence-corrected chi connectivity index (χ1v) is 7.15. The molecule has 0 fully saturated rings. The van der Waals surface area contributed by atoms with Gasteiger partial charge in [-0.15, -0.1) is 0 Å². The summed E-state index contributed by atoms with van der Waals surface area (Å²) in [6.07, 6.45) is 0. The number of rotatable bonds is 5. The largest absolute Gasteiger partial charge is 0.383 e. The van der Waals surface area contributed by atoms with Gasteiger partial charge < -0.3 is 10.1 Å². The molecule has 1 rings (SSSR count). The molecule has 4 nitrogen and oxygen atoms in total. The Morgan fingerprint density at radius 3 is 2.75 bits per heavy atom. The molecule has 0 radical (unpaired) electrons. The van der Waals surface area contributed by atoms with E-state index in [1.807, 2.05) is 19.9 Å². The van der Waals surface area contributed by atoms with E-state index in [9.17, 15) is 0 Å². The SMILES string of the molecule is COC[C@@H](C)NC(=S)N/N=C(/C)c1ccc(Cl)cc1Cl. The maximum atomic E-state index is 6.11. The number of methoxy groups -OCH3 is 1. The molecular formula is C13H17Cl2N3OS. The monoisotopic (exact) mass is 333 g/mol. The number of thiocarbonyl (C=S) groups is 1. The van der Waals surface area contributed by atoms with Gasteiger partial charge >= 0.3 is 0 Å². The molecule has 0 saturated carbocycles. The lowest BCUT2D eigenvalue weighted by molar-refractivity contribution is 0.179. The predicted molar refractivity (Wildman–Crippen MR) is 88.9 cm³/mol. The number of benzene rings is 1. The van der Waals surface area contributed by atoms with Gasteiger partial charge in [-0.2, -0.15) is 5.10 Å². The van der Waals surface area contributed by atoms with E-state index in [0.29, 0.717) is 21.8 Å². The summed E-state index contributed by atoms with van der Waals surface area (Å²) in [7, 11) is 1.64. The summed E-state index contributed by atoms with van der Waals surface area (Å²) in [5, 5.41) is 8.80. The fraction of sp³-hybridized carbons (Fsp3) is 0.385. The van der Waals surface area contributed by atoms with E-state index in [-0.39, 0.29) is 6.04 Å². The van der Waals surface area contributed by atoms with Crippen LogP contribution in [0.1, 0.15) is 19.4 Å². The van der Waals surface area contributed by atoms with Crippen LogP contribution in [0, 0.1) is 0 Å². The molecule has 0 aromatic heterocycles. The number of hydrazone groups is 1. The minimum absolute atomic E-state index is 0.106. The number of hydrogen-bond donors (Lipinski definition) is 2. The van der Waals surface area contributed by atoms with Crippen LogP contribution < -0.4 is 10.7 Å². The third-order valence-corrected chi connectivity index (χ3v) is 3.20. The minimum atomic E-state index is 0.106. The predicted octanol–water partition coefficient (Wildman–Crippen LogP) is 3.22. The van der Waals surface area contributed by atoms with Crippen LogP contribution in [-0.2, 0) is 4.74 Å². The molecular weight excluding hydrogens is 317 g/mol. The van der Waals surface area contributed by atoms with E-state index in [0.717, 1.165) is 11.3 Å². The average Bonchev–Trinajstić information content (AvgIpc) is 2.36. The highest BCUT2D eigenvalue weighted by Crippen LogP contribution is 2.21. The van der Waals surface area contributed by atoms with Crippen molar-refractivity contribution < 1.29 is 4.74 Å². The van der Waals surface area contributed by atoms with Gasteiger partial charge in [-0.1, -0.05) is 29.3 Å². The fourth-order valence-corrected chi connectivity index (χ4v) is 2.32. The molecule has 0 aliphatic carbocycles. The summed E-state index contributed by atoms with van der Waals surface area (Å²) in [4.78, 5) is 0. The molecule has 0 saturated heterocycles. The molecule has 1 aromatic rings. The second kappa shape index (κ2) is 8.42. The van der Waals surface area contributed by atoms with Gasteiger partial charge in [-0.3, -0.25) is 5.43 Å². The molecule has 0 aliphatic heterocycles. The van der Waals surface area contributed by atoms with Crippen LogP contribution in [-0.4, -0.2) is 30.6 Å². The Hall–Kier alpha value is -0.880. The number of nitrogens with one attached hydrogen (secondary N) is 2. The highest BCUT2D eigenvalue weighted by atomic mass is 35.5. The van der Waals surface area contributed by atoms with Gasteiger partial charge in [0.15, 0.2) is 5.11 Å². The summed E-state index contributed by atoms with van der Waals surface area (Å²) in [6, 6.07) is 5.36. The minimum Gasteiger partial charge on any atom is -0.383 e. The second-order valence-electron chi connectivity index (χ2n) is 4.26. The summed E-state index contributed by atoms with van der Waals surface area (Å²) in [5.41, 5.74) is 4.29. The van der Waals surface area contributed by atoms with E-state index in [2.05, 4.69) is 15.8 Å². The van der Waals surface area contributed by atoms with E-state index >= 15 is 0 Å². The van der Waals surface area contributed by atoms with Crippen molar-refractivity contribution in [1.82, 2.24) is 10.7 Å². The Labute approximate surface area is 134 Å².